The molecule has 4 heteroatoms. The Kier molecular flexibility index (Phi) is 4.84. The van der Waals surface area contributed by atoms with Crippen molar-refractivity contribution in [2.75, 3.05) is 0 Å². The maximum absolute atomic E-state index is 5.97. The van der Waals surface area contributed by atoms with Crippen LogP contribution in [-0.2, 0) is 13.2 Å². The maximum Gasteiger partial charge on any atom is 0.134 e. The fraction of sp³-hybridized carbons (Fsp3) is 0.294. The zero-order chi connectivity index (χ0) is 14.7. The van der Waals surface area contributed by atoms with E-state index in [1.54, 1.807) is 0 Å². The molecule has 110 valence electrons. The van der Waals surface area contributed by atoms with E-state index in [-0.39, 0.29) is 0 Å². The van der Waals surface area contributed by atoms with Gasteiger partial charge in [0.05, 0.1) is 4.47 Å². The SMILES string of the molecule is Clc1cccc(COc2ccc(CNC3CC3)cc2Br)c1. The van der Waals surface area contributed by atoms with Gasteiger partial charge in [0.25, 0.3) is 0 Å². The van der Waals surface area contributed by atoms with Gasteiger partial charge in [-0.3, -0.25) is 0 Å². The third-order valence-electron chi connectivity index (χ3n) is 3.45. The number of hydrogen-bond donors (Lipinski definition) is 1. The summed E-state index contributed by atoms with van der Waals surface area (Å²) in [7, 11) is 0. The molecule has 0 amide bonds. The highest BCUT2D eigenvalue weighted by Gasteiger charge is 2.19. The zero-order valence-electron chi connectivity index (χ0n) is 11.6. The molecule has 0 unspecified atom stereocenters. The van der Waals surface area contributed by atoms with Gasteiger partial charge in [0.1, 0.15) is 12.4 Å². The molecule has 0 saturated heterocycles. The Labute approximate surface area is 138 Å². The molecule has 0 heterocycles. The smallest absolute Gasteiger partial charge is 0.134 e. The summed E-state index contributed by atoms with van der Waals surface area (Å²) in [6.45, 7) is 1.43. The third kappa shape index (κ3) is 4.47. The summed E-state index contributed by atoms with van der Waals surface area (Å²) in [6, 6.07) is 14.7. The summed E-state index contributed by atoms with van der Waals surface area (Å²) in [5.41, 5.74) is 2.33. The molecule has 1 fully saturated rings. The lowest BCUT2D eigenvalue weighted by atomic mass is 10.2. The van der Waals surface area contributed by atoms with Crippen molar-refractivity contribution in [3.05, 3.63) is 63.1 Å². The predicted octanol–water partition coefficient (Wildman–Crippen LogP) is 4.93. The highest BCUT2D eigenvalue weighted by atomic mass is 79.9. The Morgan fingerprint density at radius 2 is 2.00 bits per heavy atom. The Hall–Kier alpha value is -1.03. The fourth-order valence-corrected chi connectivity index (χ4v) is 2.86. The topological polar surface area (TPSA) is 21.3 Å². The first kappa shape index (κ1) is 14.9. The van der Waals surface area contributed by atoms with E-state index in [2.05, 4.69) is 33.4 Å². The van der Waals surface area contributed by atoms with Gasteiger partial charge < -0.3 is 10.1 Å². The van der Waals surface area contributed by atoms with Crippen molar-refractivity contribution in [2.45, 2.75) is 32.0 Å². The number of ether oxygens (including phenoxy) is 1. The largest absolute Gasteiger partial charge is 0.488 e. The Morgan fingerprint density at radius 1 is 1.14 bits per heavy atom. The van der Waals surface area contributed by atoms with E-state index in [1.165, 1.54) is 18.4 Å². The van der Waals surface area contributed by atoms with Gasteiger partial charge in [-0.25, -0.2) is 0 Å². The van der Waals surface area contributed by atoms with Crippen molar-refractivity contribution in [3.8, 4) is 5.75 Å². The summed E-state index contributed by atoms with van der Waals surface area (Å²) in [4.78, 5) is 0. The zero-order valence-corrected chi connectivity index (χ0v) is 14.0. The van der Waals surface area contributed by atoms with Gasteiger partial charge in [-0.2, -0.15) is 0 Å². The first-order valence-electron chi connectivity index (χ1n) is 7.10. The van der Waals surface area contributed by atoms with Crippen molar-refractivity contribution in [3.63, 3.8) is 0 Å². The van der Waals surface area contributed by atoms with E-state index in [0.29, 0.717) is 6.61 Å². The van der Waals surface area contributed by atoms with Crippen LogP contribution in [-0.4, -0.2) is 6.04 Å². The summed E-state index contributed by atoms with van der Waals surface area (Å²) in [6.07, 6.45) is 2.62. The molecule has 1 saturated carbocycles. The summed E-state index contributed by atoms with van der Waals surface area (Å²) in [5, 5.41) is 4.24. The maximum atomic E-state index is 5.97. The van der Waals surface area contributed by atoms with E-state index < -0.39 is 0 Å². The number of halogens is 2. The minimum atomic E-state index is 0.513. The number of hydrogen-bond acceptors (Lipinski definition) is 2. The summed E-state index contributed by atoms with van der Waals surface area (Å²) in [5.74, 6) is 0.852. The molecule has 0 aliphatic heterocycles. The number of nitrogens with one attached hydrogen (secondary N) is 1. The molecule has 21 heavy (non-hydrogen) atoms. The molecule has 3 rings (SSSR count). The van der Waals surface area contributed by atoms with Crippen molar-refractivity contribution >= 4 is 27.5 Å². The van der Waals surface area contributed by atoms with Crippen LogP contribution in [0, 0.1) is 0 Å². The van der Waals surface area contributed by atoms with Gasteiger partial charge in [0.2, 0.25) is 0 Å². The Morgan fingerprint density at radius 3 is 2.71 bits per heavy atom. The molecule has 1 aliphatic rings. The van der Waals surface area contributed by atoms with Crippen LogP contribution in [0.2, 0.25) is 5.02 Å². The molecular formula is C17H17BrClNO. The van der Waals surface area contributed by atoms with Crippen molar-refractivity contribution in [1.82, 2.24) is 5.32 Å². The van der Waals surface area contributed by atoms with Gasteiger partial charge in [-0.1, -0.05) is 29.8 Å². The summed E-state index contributed by atoms with van der Waals surface area (Å²) < 4.78 is 6.83. The molecular weight excluding hydrogens is 350 g/mol. The van der Waals surface area contributed by atoms with Gasteiger partial charge in [-0.15, -0.1) is 0 Å². The van der Waals surface area contributed by atoms with Crippen molar-refractivity contribution < 1.29 is 4.74 Å². The van der Waals surface area contributed by atoms with Crippen LogP contribution in [0.15, 0.2) is 46.9 Å². The third-order valence-corrected chi connectivity index (χ3v) is 4.31. The average Bonchev–Trinajstić information content (AvgIpc) is 3.28. The van der Waals surface area contributed by atoms with Crippen LogP contribution in [0.4, 0.5) is 0 Å². The minimum Gasteiger partial charge on any atom is -0.488 e. The molecule has 0 aromatic heterocycles. The quantitative estimate of drug-likeness (QED) is 0.782. The molecule has 0 radical (unpaired) electrons. The van der Waals surface area contributed by atoms with Gasteiger partial charge >= 0.3 is 0 Å². The van der Waals surface area contributed by atoms with Crippen LogP contribution >= 0.6 is 27.5 Å². The van der Waals surface area contributed by atoms with Crippen molar-refractivity contribution in [2.24, 2.45) is 0 Å². The second kappa shape index (κ2) is 6.82. The van der Waals surface area contributed by atoms with E-state index >= 15 is 0 Å². The van der Waals surface area contributed by atoms with Crippen LogP contribution in [0.25, 0.3) is 0 Å². The highest BCUT2D eigenvalue weighted by molar-refractivity contribution is 9.10. The molecule has 1 N–H and O–H groups in total. The van der Waals surface area contributed by atoms with Crippen LogP contribution < -0.4 is 10.1 Å². The molecule has 2 aromatic rings. The second-order valence-electron chi connectivity index (χ2n) is 5.34. The molecule has 0 atom stereocenters. The van der Waals surface area contributed by atoms with E-state index in [4.69, 9.17) is 16.3 Å². The normalized spacial score (nSPS) is 14.2. The lowest BCUT2D eigenvalue weighted by Crippen LogP contribution is -2.15. The molecule has 0 bridgehead atoms. The summed E-state index contributed by atoms with van der Waals surface area (Å²) >= 11 is 9.55. The fourth-order valence-electron chi connectivity index (χ4n) is 2.11. The van der Waals surface area contributed by atoms with Crippen LogP contribution in [0.5, 0.6) is 5.75 Å². The monoisotopic (exact) mass is 365 g/mol. The first-order valence-corrected chi connectivity index (χ1v) is 8.27. The molecule has 2 aromatic carbocycles. The first-order chi connectivity index (χ1) is 10.2. The minimum absolute atomic E-state index is 0.513. The Balaban J connectivity index is 1.59. The molecule has 0 spiro atoms. The highest BCUT2D eigenvalue weighted by Crippen LogP contribution is 2.27. The second-order valence-corrected chi connectivity index (χ2v) is 6.63. The van der Waals surface area contributed by atoms with Crippen molar-refractivity contribution in [1.29, 1.82) is 0 Å². The predicted molar refractivity (Wildman–Crippen MR) is 89.8 cm³/mol. The number of rotatable bonds is 6. The Bertz CT molecular complexity index is 628. The average molecular weight is 367 g/mol. The lowest BCUT2D eigenvalue weighted by Gasteiger charge is -2.10. The van der Waals surface area contributed by atoms with E-state index in [1.807, 2.05) is 30.3 Å². The van der Waals surface area contributed by atoms with Gasteiger partial charge in [-0.05, 0) is 64.2 Å². The van der Waals surface area contributed by atoms with Gasteiger partial charge in [0.15, 0.2) is 0 Å². The molecule has 1 aliphatic carbocycles. The molecule has 2 nitrogen and oxygen atoms in total. The standard InChI is InChI=1S/C17H17BrClNO/c18-16-9-12(10-20-15-5-6-15)4-7-17(16)21-11-13-2-1-3-14(19)8-13/h1-4,7-9,15,20H,5-6,10-11H2. The van der Waals surface area contributed by atoms with E-state index in [0.717, 1.165) is 33.4 Å². The van der Waals surface area contributed by atoms with Crippen LogP contribution in [0.3, 0.4) is 0 Å². The lowest BCUT2D eigenvalue weighted by molar-refractivity contribution is 0.304. The van der Waals surface area contributed by atoms with Crippen LogP contribution in [0.1, 0.15) is 24.0 Å². The number of benzene rings is 2. The van der Waals surface area contributed by atoms with Gasteiger partial charge in [0, 0.05) is 17.6 Å². The van der Waals surface area contributed by atoms with E-state index in [9.17, 15) is 0 Å².